The zero-order valence-electron chi connectivity index (χ0n) is 21.1. The minimum atomic E-state index is -0.962. The monoisotopic (exact) mass is 536 g/mol. The Morgan fingerprint density at radius 2 is 1.82 bits per heavy atom. The van der Waals surface area contributed by atoms with Crippen LogP contribution in [0.3, 0.4) is 0 Å². The number of para-hydroxylation sites is 1. The maximum Gasteiger partial charge on any atom is 0.278 e. The van der Waals surface area contributed by atoms with Crippen LogP contribution in [0.1, 0.15) is 46.2 Å². The number of hydrogen-bond acceptors (Lipinski definition) is 7. The molecule has 0 spiro atoms. The van der Waals surface area contributed by atoms with E-state index in [-0.39, 0.29) is 37.1 Å². The van der Waals surface area contributed by atoms with Gasteiger partial charge in [-0.1, -0.05) is 24.3 Å². The van der Waals surface area contributed by atoms with Crippen LogP contribution in [0.4, 0.5) is 14.5 Å². The molecule has 4 unspecified atom stereocenters. The number of rotatable bonds is 1. The summed E-state index contributed by atoms with van der Waals surface area (Å²) >= 11 is 0. The lowest BCUT2D eigenvalue weighted by molar-refractivity contribution is -0.0575. The van der Waals surface area contributed by atoms with Crippen molar-refractivity contribution in [3.63, 3.8) is 0 Å². The summed E-state index contributed by atoms with van der Waals surface area (Å²) in [7, 11) is 0. The van der Waals surface area contributed by atoms with Gasteiger partial charge < -0.3 is 24.4 Å². The van der Waals surface area contributed by atoms with Gasteiger partial charge >= 0.3 is 0 Å². The fourth-order valence-corrected chi connectivity index (χ4v) is 6.44. The van der Waals surface area contributed by atoms with Crippen LogP contribution in [-0.4, -0.2) is 65.8 Å². The third-order valence-electron chi connectivity index (χ3n) is 8.14. The summed E-state index contributed by atoms with van der Waals surface area (Å²) in [6.07, 6.45) is 0.504. The van der Waals surface area contributed by atoms with E-state index in [1.807, 2.05) is 41.1 Å². The third kappa shape index (κ3) is 3.42. The summed E-state index contributed by atoms with van der Waals surface area (Å²) < 4.78 is 43.8. The average Bonchev–Trinajstić information content (AvgIpc) is 3.06. The molecule has 0 bridgehead atoms. The van der Waals surface area contributed by atoms with Crippen molar-refractivity contribution in [1.29, 1.82) is 0 Å². The molecule has 1 aromatic heterocycles. The molecule has 2 aromatic carbocycles. The Labute approximate surface area is 222 Å². The van der Waals surface area contributed by atoms with E-state index < -0.39 is 47.0 Å². The molecule has 11 heteroatoms. The molecule has 9 nitrogen and oxygen atoms in total. The van der Waals surface area contributed by atoms with Gasteiger partial charge in [0.2, 0.25) is 5.43 Å². The van der Waals surface area contributed by atoms with E-state index in [4.69, 9.17) is 9.47 Å². The second-order valence-corrected chi connectivity index (χ2v) is 10.3. The summed E-state index contributed by atoms with van der Waals surface area (Å²) in [6.45, 7) is 3.28. The highest BCUT2D eigenvalue weighted by atomic mass is 19.2. The van der Waals surface area contributed by atoms with Gasteiger partial charge in [-0.05, 0) is 24.6 Å². The van der Waals surface area contributed by atoms with Crippen molar-refractivity contribution < 1.29 is 28.2 Å². The van der Waals surface area contributed by atoms with E-state index >= 15 is 4.39 Å². The maximum absolute atomic E-state index is 15.8. The number of hydrogen-bond donors (Lipinski definition) is 1. The zero-order valence-corrected chi connectivity index (χ0v) is 21.1. The average molecular weight is 537 g/mol. The number of carbonyl (C=O) groups is 1. The Morgan fingerprint density at radius 1 is 1.00 bits per heavy atom. The molecule has 2 saturated heterocycles. The number of aromatic hydroxyl groups is 1. The van der Waals surface area contributed by atoms with Crippen molar-refractivity contribution >= 4 is 11.6 Å². The molecular formula is C28H26F2N4O5. The molecule has 0 saturated carbocycles. The number of pyridine rings is 1. The van der Waals surface area contributed by atoms with Gasteiger partial charge in [0.15, 0.2) is 23.1 Å². The molecule has 0 radical (unpaired) electrons. The van der Waals surface area contributed by atoms with E-state index in [0.717, 1.165) is 17.3 Å². The highest BCUT2D eigenvalue weighted by Gasteiger charge is 2.48. The number of benzene rings is 2. The van der Waals surface area contributed by atoms with Crippen molar-refractivity contribution in [2.45, 2.75) is 31.3 Å². The first-order chi connectivity index (χ1) is 18.9. The number of halogens is 2. The lowest BCUT2D eigenvalue weighted by Crippen LogP contribution is -2.67. The van der Waals surface area contributed by atoms with Crippen LogP contribution in [0.2, 0.25) is 0 Å². The van der Waals surface area contributed by atoms with Crippen LogP contribution in [0.15, 0.2) is 53.5 Å². The molecule has 5 heterocycles. The normalized spacial score (nSPS) is 25.7. The minimum absolute atomic E-state index is 0.132. The number of aromatic nitrogens is 1. The molecular weight excluding hydrogens is 510 g/mol. The Morgan fingerprint density at radius 3 is 2.67 bits per heavy atom. The lowest BCUT2D eigenvalue weighted by Gasteiger charge is -2.52. The molecule has 0 aliphatic carbocycles. The number of carbonyl (C=O) groups excluding carboxylic acids is 1. The SMILES string of the molecule is CC1CN2C(=O)c3c(O)c(=O)ccn3N(C3c4ccccc4N4CCOCC4c4c3ccc(F)c4F)C2CO1. The van der Waals surface area contributed by atoms with Crippen LogP contribution < -0.4 is 15.3 Å². The largest absolute Gasteiger partial charge is 0.502 e. The second kappa shape index (κ2) is 8.78. The Balaban J connectivity index is 1.55. The smallest absolute Gasteiger partial charge is 0.278 e. The highest BCUT2D eigenvalue weighted by Crippen LogP contribution is 2.48. The fraction of sp³-hybridized carbons (Fsp3) is 0.357. The standard InChI is InChI=1S/C28H26F2N4O5/c1-15-12-32-22(14-39-15)34(33-9-8-21(35)27(36)26(33)28(32)37)25-16-4-2-3-5-19(16)31-10-11-38-13-20(31)23-17(25)6-7-18(29)24(23)30/h2-9,15,20,22,25,36H,10-14H2,1H3. The van der Waals surface area contributed by atoms with E-state index in [0.29, 0.717) is 18.7 Å². The molecule has 4 atom stereocenters. The van der Waals surface area contributed by atoms with Crippen molar-refractivity contribution in [3.05, 3.63) is 92.9 Å². The first-order valence-electron chi connectivity index (χ1n) is 12.9. The van der Waals surface area contributed by atoms with Crippen LogP contribution in [0.5, 0.6) is 5.75 Å². The Kier molecular flexibility index (Phi) is 5.43. The molecule has 4 aliphatic heterocycles. The third-order valence-corrected chi connectivity index (χ3v) is 8.14. The van der Waals surface area contributed by atoms with Crippen LogP contribution >= 0.6 is 0 Å². The number of fused-ring (bicyclic) bond motifs is 7. The number of morpholine rings is 2. The Bertz CT molecular complexity index is 1560. The summed E-state index contributed by atoms with van der Waals surface area (Å²) in [4.78, 5) is 29.7. The predicted octanol–water partition coefficient (Wildman–Crippen LogP) is 2.65. The van der Waals surface area contributed by atoms with E-state index in [9.17, 15) is 19.1 Å². The predicted molar refractivity (Wildman–Crippen MR) is 136 cm³/mol. The topological polar surface area (TPSA) is 87.5 Å². The minimum Gasteiger partial charge on any atom is -0.502 e. The zero-order chi connectivity index (χ0) is 27.0. The number of ether oxygens (including phenoxy) is 2. The first-order valence-corrected chi connectivity index (χ1v) is 12.9. The maximum atomic E-state index is 15.8. The number of anilines is 1. The van der Waals surface area contributed by atoms with Gasteiger partial charge in [0, 0.05) is 42.2 Å². The molecule has 1 N–H and O–H groups in total. The van der Waals surface area contributed by atoms with E-state index in [1.54, 1.807) is 11.0 Å². The molecule has 4 aliphatic rings. The summed E-state index contributed by atoms with van der Waals surface area (Å²) in [5, 5.41) is 12.6. The highest BCUT2D eigenvalue weighted by molar-refractivity contribution is 5.96. The van der Waals surface area contributed by atoms with E-state index in [2.05, 4.69) is 0 Å². The molecule has 3 aromatic rings. The molecule has 7 rings (SSSR count). The van der Waals surface area contributed by atoms with Gasteiger partial charge in [0.25, 0.3) is 5.91 Å². The van der Waals surface area contributed by atoms with E-state index in [1.165, 1.54) is 16.9 Å². The lowest BCUT2D eigenvalue weighted by atomic mass is 9.91. The van der Waals surface area contributed by atoms with Crippen LogP contribution in [0.25, 0.3) is 0 Å². The van der Waals surface area contributed by atoms with Gasteiger partial charge in [0.05, 0.1) is 32.0 Å². The second-order valence-electron chi connectivity index (χ2n) is 10.3. The van der Waals surface area contributed by atoms with Gasteiger partial charge in [-0.25, -0.2) is 8.78 Å². The quantitative estimate of drug-likeness (QED) is 0.512. The van der Waals surface area contributed by atoms with Crippen LogP contribution in [0, 0.1) is 11.6 Å². The van der Waals surface area contributed by atoms with Crippen molar-refractivity contribution in [1.82, 2.24) is 9.58 Å². The van der Waals surface area contributed by atoms with Crippen molar-refractivity contribution in [2.24, 2.45) is 0 Å². The van der Waals surface area contributed by atoms with Crippen LogP contribution in [-0.2, 0) is 9.47 Å². The molecule has 1 amide bonds. The van der Waals surface area contributed by atoms with Gasteiger partial charge in [-0.2, -0.15) is 0 Å². The number of amides is 1. The first kappa shape index (κ1) is 24.1. The van der Waals surface area contributed by atoms with Crippen molar-refractivity contribution in [2.75, 3.05) is 42.8 Å². The molecule has 2 fully saturated rings. The number of nitrogens with zero attached hydrogens (tertiary/aromatic N) is 4. The summed E-state index contributed by atoms with van der Waals surface area (Å²) in [6, 6.07) is 10.2. The summed E-state index contributed by atoms with van der Waals surface area (Å²) in [5.41, 5.74) is 1.43. The Hall–Kier alpha value is -3.96. The summed E-state index contributed by atoms with van der Waals surface area (Å²) in [5.74, 6) is -3.08. The van der Waals surface area contributed by atoms with Crippen molar-refractivity contribution in [3.8, 4) is 5.75 Å². The molecule has 39 heavy (non-hydrogen) atoms. The van der Waals surface area contributed by atoms with Gasteiger partial charge in [-0.3, -0.25) is 19.3 Å². The van der Waals surface area contributed by atoms with Gasteiger partial charge in [-0.15, -0.1) is 0 Å². The van der Waals surface area contributed by atoms with Gasteiger partial charge in [0.1, 0.15) is 12.2 Å². The molecule has 202 valence electrons. The fourth-order valence-electron chi connectivity index (χ4n) is 6.44.